The van der Waals surface area contributed by atoms with Gasteiger partial charge >= 0.3 is 12.1 Å². The zero-order chi connectivity index (χ0) is 18.3. The predicted molar refractivity (Wildman–Crippen MR) is 90.6 cm³/mol. The maximum atomic E-state index is 11.7. The third kappa shape index (κ3) is 6.66. The Balaban J connectivity index is 1.70. The number of hydrogen-bond donors (Lipinski definition) is 1. The van der Waals surface area contributed by atoms with Crippen molar-refractivity contribution in [1.29, 1.82) is 0 Å². The number of aromatic nitrogens is 1. The topological polar surface area (TPSA) is 90.7 Å². The highest BCUT2D eigenvalue weighted by Crippen LogP contribution is 2.20. The highest BCUT2D eigenvalue weighted by Gasteiger charge is 2.16. The molecule has 0 aliphatic heterocycles. The predicted octanol–water partition coefficient (Wildman–Crippen LogP) is 3.30. The van der Waals surface area contributed by atoms with Crippen LogP contribution in [-0.2, 0) is 20.9 Å². The van der Waals surface area contributed by atoms with Gasteiger partial charge in [-0.25, -0.2) is 4.79 Å². The molecule has 0 saturated heterocycles. The highest BCUT2D eigenvalue weighted by atomic mass is 16.6. The van der Waals surface area contributed by atoms with Gasteiger partial charge in [0.1, 0.15) is 17.9 Å². The molecule has 2 aromatic rings. The monoisotopic (exact) mass is 346 g/mol. The molecule has 134 valence electrons. The fraction of sp³-hybridized carbons (Fsp3) is 0.389. The Hall–Kier alpha value is -2.83. The number of hydrogen-bond acceptors (Lipinski definition) is 6. The number of rotatable bonds is 6. The molecule has 25 heavy (non-hydrogen) atoms. The van der Waals surface area contributed by atoms with E-state index in [1.165, 1.54) is 0 Å². The lowest BCUT2D eigenvalue weighted by Gasteiger charge is -2.19. The van der Waals surface area contributed by atoms with Gasteiger partial charge in [0.05, 0.1) is 6.42 Å². The van der Waals surface area contributed by atoms with Gasteiger partial charge in [-0.05, 0) is 20.8 Å². The molecule has 0 aliphatic carbocycles. The minimum Gasteiger partial charge on any atom is -0.459 e. The summed E-state index contributed by atoms with van der Waals surface area (Å²) in [7, 11) is 0. The quantitative estimate of drug-likeness (QED) is 0.807. The fourth-order valence-electron chi connectivity index (χ4n) is 1.93. The van der Waals surface area contributed by atoms with Crippen molar-refractivity contribution in [1.82, 2.24) is 10.5 Å². The van der Waals surface area contributed by atoms with Crippen LogP contribution < -0.4 is 5.32 Å². The Labute approximate surface area is 146 Å². The molecule has 1 heterocycles. The smallest absolute Gasteiger partial charge is 0.407 e. The van der Waals surface area contributed by atoms with Crippen LogP contribution in [0.4, 0.5) is 4.79 Å². The summed E-state index contributed by atoms with van der Waals surface area (Å²) in [4.78, 5) is 23.1. The molecule has 0 aliphatic rings. The van der Waals surface area contributed by atoms with Crippen LogP contribution in [-0.4, -0.2) is 29.4 Å². The van der Waals surface area contributed by atoms with Crippen molar-refractivity contribution >= 4 is 12.1 Å². The second-order valence-electron chi connectivity index (χ2n) is 6.39. The van der Waals surface area contributed by atoms with Crippen molar-refractivity contribution in [3.8, 4) is 11.3 Å². The summed E-state index contributed by atoms with van der Waals surface area (Å²) in [6.45, 7) is 5.46. The standard InChI is InChI=1S/C18H22N2O5/c1-18(2,3)24-17(22)19-10-9-16(21)23-12-14-11-15(25-20-14)13-7-5-4-6-8-13/h4-8,11H,9-10,12H2,1-3H3,(H,19,22). The van der Waals surface area contributed by atoms with Crippen molar-refractivity contribution in [3.63, 3.8) is 0 Å². The first-order valence-corrected chi connectivity index (χ1v) is 7.97. The van der Waals surface area contributed by atoms with Gasteiger partial charge in [0.2, 0.25) is 0 Å². The number of ether oxygens (including phenoxy) is 2. The molecular weight excluding hydrogens is 324 g/mol. The summed E-state index contributed by atoms with van der Waals surface area (Å²) in [5.41, 5.74) is 0.843. The molecule has 2 rings (SSSR count). The molecule has 0 spiro atoms. The van der Waals surface area contributed by atoms with Gasteiger partial charge in [-0.3, -0.25) is 4.79 Å². The molecule has 0 fully saturated rings. The minimum absolute atomic E-state index is 0.0155. The molecule has 7 heteroatoms. The number of esters is 1. The van der Waals surface area contributed by atoms with Crippen LogP contribution in [0.3, 0.4) is 0 Å². The van der Waals surface area contributed by atoms with E-state index in [0.29, 0.717) is 11.5 Å². The van der Waals surface area contributed by atoms with Crippen LogP contribution in [0, 0.1) is 0 Å². The average molecular weight is 346 g/mol. The van der Waals surface area contributed by atoms with Crippen LogP contribution >= 0.6 is 0 Å². The number of nitrogens with zero attached hydrogens (tertiary/aromatic N) is 1. The van der Waals surface area contributed by atoms with Gasteiger partial charge in [0.25, 0.3) is 0 Å². The lowest BCUT2D eigenvalue weighted by molar-refractivity contribution is -0.144. The van der Waals surface area contributed by atoms with Gasteiger partial charge in [0.15, 0.2) is 5.76 Å². The zero-order valence-electron chi connectivity index (χ0n) is 14.6. The number of carbonyl (C=O) groups excluding carboxylic acids is 2. The molecule has 1 aromatic heterocycles. The van der Waals surface area contributed by atoms with Gasteiger partial charge < -0.3 is 19.3 Å². The van der Waals surface area contributed by atoms with Crippen molar-refractivity contribution < 1.29 is 23.6 Å². The first-order valence-electron chi connectivity index (χ1n) is 7.97. The second kappa shape index (κ2) is 8.32. The molecule has 0 atom stereocenters. The Morgan fingerprint density at radius 3 is 2.60 bits per heavy atom. The SMILES string of the molecule is CC(C)(C)OC(=O)NCCC(=O)OCc1cc(-c2ccccc2)on1. The molecule has 0 bridgehead atoms. The lowest BCUT2D eigenvalue weighted by Crippen LogP contribution is -2.33. The second-order valence-corrected chi connectivity index (χ2v) is 6.39. The van der Waals surface area contributed by atoms with E-state index < -0.39 is 17.7 Å². The van der Waals surface area contributed by atoms with E-state index in [-0.39, 0.29) is 19.6 Å². The van der Waals surface area contributed by atoms with E-state index in [1.54, 1.807) is 26.8 Å². The molecule has 0 unspecified atom stereocenters. The summed E-state index contributed by atoms with van der Waals surface area (Å²) < 4.78 is 15.4. The molecule has 1 amide bonds. The Bertz CT molecular complexity index is 704. The number of alkyl carbamates (subject to hydrolysis) is 1. The average Bonchev–Trinajstić information content (AvgIpc) is 3.01. The Morgan fingerprint density at radius 2 is 1.92 bits per heavy atom. The van der Waals surface area contributed by atoms with Gasteiger partial charge in [-0.2, -0.15) is 0 Å². The number of amides is 1. The number of nitrogens with one attached hydrogen (secondary N) is 1. The highest BCUT2D eigenvalue weighted by molar-refractivity contribution is 5.72. The maximum absolute atomic E-state index is 11.7. The van der Waals surface area contributed by atoms with Crippen LogP contribution in [0.15, 0.2) is 40.9 Å². The fourth-order valence-corrected chi connectivity index (χ4v) is 1.93. The first kappa shape index (κ1) is 18.5. The minimum atomic E-state index is -0.575. The first-order chi connectivity index (χ1) is 11.8. The summed E-state index contributed by atoms with van der Waals surface area (Å²) in [5, 5.41) is 6.37. The van der Waals surface area contributed by atoms with Crippen molar-refractivity contribution in [2.24, 2.45) is 0 Å². The van der Waals surface area contributed by atoms with Crippen molar-refractivity contribution in [3.05, 3.63) is 42.1 Å². The van der Waals surface area contributed by atoms with Crippen LogP contribution in [0.2, 0.25) is 0 Å². The number of carbonyl (C=O) groups is 2. The van der Waals surface area contributed by atoms with E-state index in [9.17, 15) is 9.59 Å². The Morgan fingerprint density at radius 1 is 1.20 bits per heavy atom. The molecule has 1 N–H and O–H groups in total. The molecular formula is C18H22N2O5. The summed E-state index contributed by atoms with van der Waals surface area (Å²) in [6.07, 6.45) is -0.521. The summed E-state index contributed by atoms with van der Waals surface area (Å²) >= 11 is 0. The molecule has 0 saturated carbocycles. The van der Waals surface area contributed by atoms with Crippen LogP contribution in [0.5, 0.6) is 0 Å². The van der Waals surface area contributed by atoms with Gasteiger partial charge in [-0.15, -0.1) is 0 Å². The third-order valence-electron chi connectivity index (χ3n) is 3.00. The van der Waals surface area contributed by atoms with Gasteiger partial charge in [-0.1, -0.05) is 35.5 Å². The van der Waals surface area contributed by atoms with Crippen molar-refractivity contribution in [2.45, 2.75) is 39.4 Å². The summed E-state index contributed by atoms with van der Waals surface area (Å²) in [6, 6.07) is 11.2. The maximum Gasteiger partial charge on any atom is 0.407 e. The number of benzene rings is 1. The third-order valence-corrected chi connectivity index (χ3v) is 3.00. The van der Waals surface area contributed by atoms with Gasteiger partial charge in [0, 0.05) is 18.2 Å². The van der Waals surface area contributed by atoms with E-state index >= 15 is 0 Å². The Kier molecular flexibility index (Phi) is 6.16. The van der Waals surface area contributed by atoms with Crippen LogP contribution in [0.1, 0.15) is 32.9 Å². The zero-order valence-corrected chi connectivity index (χ0v) is 14.6. The largest absolute Gasteiger partial charge is 0.459 e. The molecule has 1 aromatic carbocycles. The van der Waals surface area contributed by atoms with E-state index in [1.807, 2.05) is 30.3 Å². The van der Waals surface area contributed by atoms with Crippen molar-refractivity contribution in [2.75, 3.05) is 6.54 Å². The van der Waals surface area contributed by atoms with Crippen LogP contribution in [0.25, 0.3) is 11.3 Å². The summed E-state index contributed by atoms with van der Waals surface area (Å²) in [5.74, 6) is 0.165. The molecule has 0 radical (unpaired) electrons. The lowest BCUT2D eigenvalue weighted by atomic mass is 10.2. The van der Waals surface area contributed by atoms with E-state index in [2.05, 4.69) is 10.5 Å². The molecule has 7 nitrogen and oxygen atoms in total. The van der Waals surface area contributed by atoms with E-state index in [4.69, 9.17) is 14.0 Å². The normalized spacial score (nSPS) is 11.0. The van der Waals surface area contributed by atoms with E-state index in [0.717, 1.165) is 5.56 Å².